The van der Waals surface area contributed by atoms with Crippen LogP contribution in [0.4, 0.5) is 10.2 Å². The van der Waals surface area contributed by atoms with Crippen molar-refractivity contribution < 1.29 is 9.13 Å². The Morgan fingerprint density at radius 2 is 1.96 bits per heavy atom. The van der Waals surface area contributed by atoms with E-state index in [9.17, 15) is 4.39 Å². The highest BCUT2D eigenvalue weighted by atomic mass is 35.5. The van der Waals surface area contributed by atoms with Crippen LogP contribution in [0.1, 0.15) is 6.92 Å². The maximum atomic E-state index is 13.2. The van der Waals surface area contributed by atoms with Gasteiger partial charge in [-0.2, -0.15) is 0 Å². The van der Waals surface area contributed by atoms with Gasteiger partial charge in [-0.05, 0) is 18.7 Å². The number of halogens is 2. The Morgan fingerprint density at radius 1 is 1.17 bits per heavy atom. The third kappa shape index (κ3) is 3.89. The van der Waals surface area contributed by atoms with Crippen molar-refractivity contribution in [1.29, 1.82) is 0 Å². The van der Waals surface area contributed by atoms with E-state index in [1.165, 1.54) is 24.5 Å². The molecule has 1 aliphatic rings. The molecule has 1 fully saturated rings. The fraction of sp³-hybridized carbons (Fsp3) is 0.375. The molecule has 1 aromatic carbocycles. The van der Waals surface area contributed by atoms with Gasteiger partial charge in [-0.3, -0.25) is 0 Å². The molecule has 7 heteroatoms. The lowest BCUT2D eigenvalue weighted by molar-refractivity contribution is 0.270. The summed E-state index contributed by atoms with van der Waals surface area (Å²) >= 11 is 5.76. The second-order valence-corrected chi connectivity index (χ2v) is 5.72. The molecule has 1 aliphatic heterocycles. The van der Waals surface area contributed by atoms with Crippen molar-refractivity contribution in [3.63, 3.8) is 0 Å². The quantitative estimate of drug-likeness (QED) is 0.857. The zero-order chi connectivity index (χ0) is 16.2. The van der Waals surface area contributed by atoms with Gasteiger partial charge in [0.15, 0.2) is 0 Å². The maximum Gasteiger partial charge on any atom is 0.224 e. The molecule has 0 spiro atoms. The second-order valence-electron chi connectivity index (χ2n) is 5.31. The molecule has 2 heterocycles. The minimum atomic E-state index is -0.476. The van der Waals surface area contributed by atoms with Crippen molar-refractivity contribution in [2.24, 2.45) is 0 Å². The van der Waals surface area contributed by atoms with Crippen molar-refractivity contribution in [2.75, 3.05) is 37.6 Å². The van der Waals surface area contributed by atoms with E-state index in [1.807, 2.05) is 0 Å². The standard InChI is InChI=1S/C16H18ClFN4O/c1-2-21-5-7-22(8-6-21)15-10-16(20-11-19-15)23-12-3-4-14(18)13(17)9-12/h3-4,9-11H,2,5-8H2,1H3. The minimum absolute atomic E-state index is 0.0208. The van der Waals surface area contributed by atoms with Crippen molar-refractivity contribution in [3.05, 3.63) is 41.4 Å². The summed E-state index contributed by atoms with van der Waals surface area (Å²) in [5, 5.41) is 0.0208. The summed E-state index contributed by atoms with van der Waals surface area (Å²) < 4.78 is 18.8. The van der Waals surface area contributed by atoms with Crippen molar-refractivity contribution in [2.45, 2.75) is 6.92 Å². The zero-order valence-electron chi connectivity index (χ0n) is 12.9. The largest absolute Gasteiger partial charge is 0.439 e. The van der Waals surface area contributed by atoms with Crippen LogP contribution < -0.4 is 9.64 Å². The Labute approximate surface area is 139 Å². The molecule has 1 aromatic heterocycles. The summed E-state index contributed by atoms with van der Waals surface area (Å²) in [5.74, 6) is 1.21. The number of benzene rings is 1. The molecule has 1 saturated heterocycles. The Kier molecular flexibility index (Phi) is 4.93. The minimum Gasteiger partial charge on any atom is -0.439 e. The molecule has 0 amide bonds. The van der Waals surface area contributed by atoms with Crippen LogP contribution in [0.25, 0.3) is 0 Å². The predicted molar refractivity (Wildman–Crippen MR) is 87.8 cm³/mol. The van der Waals surface area contributed by atoms with Gasteiger partial charge in [0.2, 0.25) is 5.88 Å². The molecule has 5 nitrogen and oxygen atoms in total. The van der Waals surface area contributed by atoms with Crippen LogP contribution in [0.3, 0.4) is 0 Å². The third-order valence-electron chi connectivity index (χ3n) is 3.88. The highest BCUT2D eigenvalue weighted by Crippen LogP contribution is 2.26. The van der Waals surface area contributed by atoms with Gasteiger partial charge < -0.3 is 14.5 Å². The van der Waals surface area contributed by atoms with E-state index in [-0.39, 0.29) is 5.02 Å². The molecular weight excluding hydrogens is 319 g/mol. The number of hydrogen-bond acceptors (Lipinski definition) is 5. The molecule has 2 aromatic rings. The number of aromatic nitrogens is 2. The number of likely N-dealkylation sites (N-methyl/N-ethyl adjacent to an activating group) is 1. The predicted octanol–water partition coefficient (Wildman–Crippen LogP) is 3.20. The second kappa shape index (κ2) is 7.10. The molecule has 0 radical (unpaired) electrons. The summed E-state index contributed by atoms with van der Waals surface area (Å²) in [4.78, 5) is 13.0. The Balaban J connectivity index is 1.71. The molecule has 0 atom stereocenters. The smallest absolute Gasteiger partial charge is 0.224 e. The van der Waals surface area contributed by atoms with Gasteiger partial charge in [0.05, 0.1) is 5.02 Å². The maximum absolute atomic E-state index is 13.2. The van der Waals surface area contributed by atoms with E-state index in [0.717, 1.165) is 38.5 Å². The normalized spacial score (nSPS) is 15.7. The van der Waals surface area contributed by atoms with Gasteiger partial charge in [0, 0.05) is 38.3 Å². The van der Waals surface area contributed by atoms with E-state index in [4.69, 9.17) is 16.3 Å². The number of ether oxygens (including phenoxy) is 1. The molecule has 122 valence electrons. The molecule has 3 rings (SSSR count). The fourth-order valence-electron chi connectivity index (χ4n) is 2.51. The Bertz CT molecular complexity index is 677. The molecule has 0 bridgehead atoms. The van der Waals surface area contributed by atoms with Gasteiger partial charge in [-0.25, -0.2) is 14.4 Å². The first-order valence-electron chi connectivity index (χ1n) is 7.58. The van der Waals surface area contributed by atoms with Crippen LogP contribution in [-0.4, -0.2) is 47.6 Å². The first-order chi connectivity index (χ1) is 11.2. The topological polar surface area (TPSA) is 41.5 Å². The molecule has 23 heavy (non-hydrogen) atoms. The van der Waals surface area contributed by atoms with Crippen molar-refractivity contribution >= 4 is 17.4 Å². The highest BCUT2D eigenvalue weighted by Gasteiger charge is 2.17. The summed E-state index contributed by atoms with van der Waals surface area (Å²) in [5.41, 5.74) is 0. The monoisotopic (exact) mass is 336 g/mol. The van der Waals surface area contributed by atoms with E-state index in [0.29, 0.717) is 11.6 Å². The fourth-order valence-corrected chi connectivity index (χ4v) is 2.68. The lowest BCUT2D eigenvalue weighted by atomic mass is 10.3. The zero-order valence-corrected chi connectivity index (χ0v) is 13.6. The third-order valence-corrected chi connectivity index (χ3v) is 4.17. The average Bonchev–Trinajstić information content (AvgIpc) is 2.58. The van der Waals surface area contributed by atoms with Crippen LogP contribution in [0.5, 0.6) is 11.6 Å². The summed E-state index contributed by atoms with van der Waals surface area (Å²) in [6, 6.07) is 6.00. The van der Waals surface area contributed by atoms with Gasteiger partial charge in [0.1, 0.15) is 23.7 Å². The number of rotatable bonds is 4. The number of anilines is 1. The van der Waals surface area contributed by atoms with Crippen molar-refractivity contribution in [3.8, 4) is 11.6 Å². The van der Waals surface area contributed by atoms with Crippen LogP contribution in [0, 0.1) is 5.82 Å². The van der Waals surface area contributed by atoms with Gasteiger partial charge in [-0.1, -0.05) is 18.5 Å². The summed E-state index contributed by atoms with van der Waals surface area (Å²) in [6.45, 7) is 7.12. The van der Waals surface area contributed by atoms with E-state index >= 15 is 0 Å². The molecular formula is C16H18ClFN4O. The van der Waals surface area contributed by atoms with Gasteiger partial charge in [0.25, 0.3) is 0 Å². The molecule has 0 aliphatic carbocycles. The van der Waals surface area contributed by atoms with E-state index in [1.54, 1.807) is 6.07 Å². The average molecular weight is 337 g/mol. The lowest BCUT2D eigenvalue weighted by Crippen LogP contribution is -2.46. The summed E-state index contributed by atoms with van der Waals surface area (Å²) in [7, 11) is 0. The van der Waals surface area contributed by atoms with E-state index < -0.39 is 5.82 Å². The summed E-state index contributed by atoms with van der Waals surface area (Å²) in [6.07, 6.45) is 1.47. The Morgan fingerprint density at radius 3 is 2.65 bits per heavy atom. The number of piperazine rings is 1. The highest BCUT2D eigenvalue weighted by molar-refractivity contribution is 6.30. The molecule has 0 unspecified atom stereocenters. The number of hydrogen-bond donors (Lipinski definition) is 0. The number of nitrogens with zero attached hydrogens (tertiary/aromatic N) is 4. The SMILES string of the molecule is CCN1CCN(c2cc(Oc3ccc(F)c(Cl)c3)ncn2)CC1. The van der Waals surface area contributed by atoms with E-state index in [2.05, 4.69) is 26.7 Å². The first-order valence-corrected chi connectivity index (χ1v) is 7.96. The molecule has 0 saturated carbocycles. The van der Waals surface area contributed by atoms with Gasteiger partial charge >= 0.3 is 0 Å². The van der Waals surface area contributed by atoms with Crippen LogP contribution in [-0.2, 0) is 0 Å². The first kappa shape index (κ1) is 16.0. The van der Waals surface area contributed by atoms with Crippen LogP contribution in [0.15, 0.2) is 30.6 Å². The van der Waals surface area contributed by atoms with Crippen LogP contribution >= 0.6 is 11.6 Å². The van der Waals surface area contributed by atoms with Crippen LogP contribution in [0.2, 0.25) is 5.02 Å². The van der Waals surface area contributed by atoms with Crippen molar-refractivity contribution in [1.82, 2.24) is 14.9 Å². The molecule has 0 N–H and O–H groups in total. The van der Waals surface area contributed by atoms with Gasteiger partial charge in [-0.15, -0.1) is 0 Å². The Hall–Kier alpha value is -1.92. The lowest BCUT2D eigenvalue weighted by Gasteiger charge is -2.34.